The van der Waals surface area contributed by atoms with Crippen molar-refractivity contribution >= 4 is 17.6 Å². The molecule has 0 bridgehead atoms. The molecular weight excluding hydrogens is 270 g/mol. The van der Waals surface area contributed by atoms with Gasteiger partial charge < -0.3 is 16.0 Å². The van der Waals surface area contributed by atoms with E-state index in [0.717, 1.165) is 19.4 Å². The summed E-state index contributed by atoms with van der Waals surface area (Å²) in [7, 11) is 0. The van der Waals surface area contributed by atoms with Crippen molar-refractivity contribution in [2.24, 2.45) is 11.7 Å². The number of aromatic nitrogens is 2. The maximum absolute atomic E-state index is 11.8. The van der Waals surface area contributed by atoms with Crippen molar-refractivity contribution < 1.29 is 9.59 Å². The predicted octanol–water partition coefficient (Wildman–Crippen LogP) is 0.317. The number of primary amides is 1. The zero-order valence-electron chi connectivity index (χ0n) is 12.4. The molecule has 1 aromatic rings. The molecule has 0 aromatic carbocycles. The van der Waals surface area contributed by atoms with Crippen molar-refractivity contribution in [2.45, 2.75) is 32.7 Å². The number of anilines is 1. The number of rotatable bonds is 4. The van der Waals surface area contributed by atoms with E-state index in [1.807, 2.05) is 13.8 Å². The molecule has 1 aliphatic rings. The van der Waals surface area contributed by atoms with Gasteiger partial charge in [0, 0.05) is 25.0 Å². The number of amides is 2. The lowest BCUT2D eigenvalue weighted by Crippen LogP contribution is -2.49. The number of nitrogens with zero attached hydrogens (tertiary/aromatic N) is 3. The van der Waals surface area contributed by atoms with Gasteiger partial charge in [0.05, 0.1) is 0 Å². The molecule has 0 aliphatic carbocycles. The zero-order chi connectivity index (χ0) is 15.4. The van der Waals surface area contributed by atoms with Crippen molar-refractivity contribution in [1.82, 2.24) is 15.5 Å². The van der Waals surface area contributed by atoms with Crippen molar-refractivity contribution in [2.75, 3.05) is 18.0 Å². The molecule has 2 amide bonds. The Bertz CT molecular complexity index is 515. The van der Waals surface area contributed by atoms with Crippen LogP contribution in [0.4, 0.5) is 5.82 Å². The molecule has 7 nitrogen and oxygen atoms in total. The highest BCUT2D eigenvalue weighted by Gasteiger charge is 2.23. The molecule has 7 heteroatoms. The minimum absolute atomic E-state index is 0.0185. The molecule has 3 N–H and O–H groups in total. The second-order valence-corrected chi connectivity index (χ2v) is 5.59. The van der Waals surface area contributed by atoms with Crippen LogP contribution in [0, 0.1) is 5.92 Å². The highest BCUT2D eigenvalue weighted by Crippen LogP contribution is 2.17. The van der Waals surface area contributed by atoms with Gasteiger partial charge in [-0.15, -0.1) is 10.2 Å². The molecule has 0 saturated carbocycles. The Morgan fingerprint density at radius 3 is 2.71 bits per heavy atom. The lowest BCUT2D eigenvalue weighted by molar-refractivity contribution is -0.124. The fraction of sp³-hybridized carbons (Fsp3) is 0.571. The van der Waals surface area contributed by atoms with Crippen LogP contribution >= 0.6 is 0 Å². The highest BCUT2D eigenvalue weighted by molar-refractivity contribution is 5.90. The van der Waals surface area contributed by atoms with E-state index in [9.17, 15) is 9.59 Å². The second-order valence-electron chi connectivity index (χ2n) is 5.59. The summed E-state index contributed by atoms with van der Waals surface area (Å²) in [4.78, 5) is 24.8. The maximum atomic E-state index is 11.8. The Balaban J connectivity index is 2.00. The van der Waals surface area contributed by atoms with Crippen molar-refractivity contribution in [3.8, 4) is 0 Å². The van der Waals surface area contributed by atoms with Crippen LogP contribution in [0.25, 0.3) is 0 Å². The maximum Gasteiger partial charge on any atom is 0.269 e. The molecule has 114 valence electrons. The van der Waals surface area contributed by atoms with Crippen LogP contribution in [0.3, 0.4) is 0 Å². The lowest BCUT2D eigenvalue weighted by Gasteiger charge is -2.34. The molecule has 2 heterocycles. The van der Waals surface area contributed by atoms with Crippen LogP contribution in [0.1, 0.15) is 37.2 Å². The van der Waals surface area contributed by atoms with E-state index in [-0.39, 0.29) is 23.6 Å². The number of carbonyl (C=O) groups is 2. The van der Waals surface area contributed by atoms with Crippen molar-refractivity contribution in [3.05, 3.63) is 17.8 Å². The number of hydrogen-bond acceptors (Lipinski definition) is 5. The first-order chi connectivity index (χ1) is 9.97. The van der Waals surface area contributed by atoms with Gasteiger partial charge in [-0.1, -0.05) is 13.8 Å². The Kier molecular flexibility index (Phi) is 4.72. The number of piperidine rings is 1. The van der Waals surface area contributed by atoms with Gasteiger partial charge in [0.2, 0.25) is 5.91 Å². The summed E-state index contributed by atoms with van der Waals surface area (Å²) >= 11 is 0. The smallest absolute Gasteiger partial charge is 0.269 e. The molecule has 21 heavy (non-hydrogen) atoms. The third-order valence-electron chi connectivity index (χ3n) is 3.52. The van der Waals surface area contributed by atoms with E-state index in [4.69, 9.17) is 5.73 Å². The lowest BCUT2D eigenvalue weighted by atomic mass is 10.0. The number of nitrogens with two attached hydrogens (primary N) is 1. The van der Waals surface area contributed by atoms with Crippen molar-refractivity contribution in [3.63, 3.8) is 0 Å². The van der Waals surface area contributed by atoms with Crippen LogP contribution in [-0.4, -0.2) is 41.1 Å². The van der Waals surface area contributed by atoms with Crippen LogP contribution in [-0.2, 0) is 4.79 Å². The summed E-state index contributed by atoms with van der Waals surface area (Å²) in [5.41, 5.74) is 5.30. The standard InChI is InChI=1S/C14H21N5O2/c1-9(2)14(21)16-10-4-3-7-19(8-10)12-6-5-11(13(15)20)17-18-12/h5-6,9-10H,3-4,7-8H2,1-2H3,(H2,15,20)(H,16,21). The Labute approximate surface area is 123 Å². The fourth-order valence-corrected chi connectivity index (χ4v) is 2.30. The second kappa shape index (κ2) is 6.51. The van der Waals surface area contributed by atoms with Crippen LogP contribution in [0.2, 0.25) is 0 Å². The Morgan fingerprint density at radius 2 is 2.14 bits per heavy atom. The van der Waals surface area contributed by atoms with Gasteiger partial charge in [-0.25, -0.2) is 0 Å². The molecular formula is C14H21N5O2. The van der Waals surface area contributed by atoms with Crippen LogP contribution in [0.5, 0.6) is 0 Å². The largest absolute Gasteiger partial charge is 0.364 e. The molecule has 1 fully saturated rings. The van der Waals surface area contributed by atoms with Crippen LogP contribution in [0.15, 0.2) is 12.1 Å². The monoisotopic (exact) mass is 291 g/mol. The SMILES string of the molecule is CC(C)C(=O)NC1CCCN(c2ccc(C(N)=O)nn2)C1. The molecule has 2 rings (SSSR count). The molecule has 1 aliphatic heterocycles. The predicted molar refractivity (Wildman–Crippen MR) is 78.8 cm³/mol. The number of carbonyl (C=O) groups excluding carboxylic acids is 2. The summed E-state index contributed by atoms with van der Waals surface area (Å²) in [6.07, 6.45) is 1.93. The summed E-state index contributed by atoms with van der Waals surface area (Å²) in [5.74, 6) is 0.158. The number of hydrogen-bond donors (Lipinski definition) is 2. The Hall–Kier alpha value is -2.18. The normalized spacial score (nSPS) is 18.6. The summed E-state index contributed by atoms with van der Waals surface area (Å²) in [6.45, 7) is 5.32. The Morgan fingerprint density at radius 1 is 1.38 bits per heavy atom. The average molecular weight is 291 g/mol. The first-order valence-electron chi connectivity index (χ1n) is 7.16. The van der Waals surface area contributed by atoms with E-state index in [1.165, 1.54) is 0 Å². The van der Waals surface area contributed by atoms with E-state index in [0.29, 0.717) is 12.4 Å². The van der Waals surface area contributed by atoms with E-state index in [2.05, 4.69) is 20.4 Å². The van der Waals surface area contributed by atoms with Gasteiger partial charge in [0.15, 0.2) is 11.5 Å². The molecule has 0 radical (unpaired) electrons. The zero-order valence-corrected chi connectivity index (χ0v) is 12.4. The number of nitrogens with one attached hydrogen (secondary N) is 1. The van der Waals surface area contributed by atoms with E-state index < -0.39 is 5.91 Å². The third-order valence-corrected chi connectivity index (χ3v) is 3.52. The average Bonchev–Trinajstić information content (AvgIpc) is 2.47. The quantitative estimate of drug-likeness (QED) is 0.831. The summed E-state index contributed by atoms with van der Waals surface area (Å²) < 4.78 is 0. The molecule has 1 unspecified atom stereocenters. The third kappa shape index (κ3) is 3.90. The molecule has 1 aromatic heterocycles. The van der Waals surface area contributed by atoms with Gasteiger partial charge in [-0.2, -0.15) is 0 Å². The van der Waals surface area contributed by atoms with Gasteiger partial charge in [0.1, 0.15) is 0 Å². The highest BCUT2D eigenvalue weighted by atomic mass is 16.2. The molecule has 1 saturated heterocycles. The van der Waals surface area contributed by atoms with Gasteiger partial charge >= 0.3 is 0 Å². The first kappa shape index (κ1) is 15.2. The first-order valence-corrected chi connectivity index (χ1v) is 7.16. The topological polar surface area (TPSA) is 101 Å². The minimum atomic E-state index is -0.588. The van der Waals surface area contributed by atoms with E-state index in [1.54, 1.807) is 12.1 Å². The van der Waals surface area contributed by atoms with Gasteiger partial charge in [-0.05, 0) is 25.0 Å². The van der Waals surface area contributed by atoms with Crippen LogP contribution < -0.4 is 16.0 Å². The van der Waals surface area contributed by atoms with Gasteiger partial charge in [0.25, 0.3) is 5.91 Å². The summed E-state index contributed by atoms with van der Waals surface area (Å²) in [6, 6.07) is 3.42. The minimum Gasteiger partial charge on any atom is -0.364 e. The van der Waals surface area contributed by atoms with Gasteiger partial charge in [-0.3, -0.25) is 9.59 Å². The fourth-order valence-electron chi connectivity index (χ4n) is 2.30. The summed E-state index contributed by atoms with van der Waals surface area (Å²) in [5, 5.41) is 10.9. The molecule has 0 spiro atoms. The van der Waals surface area contributed by atoms with E-state index >= 15 is 0 Å². The molecule has 1 atom stereocenters. The van der Waals surface area contributed by atoms with Crippen molar-refractivity contribution in [1.29, 1.82) is 0 Å².